The molecule has 15 nitrogen and oxygen atoms in total. The number of hydrogen-bond donors (Lipinski definition) is 4. The summed E-state index contributed by atoms with van der Waals surface area (Å²) in [7, 11) is 0. The van der Waals surface area contributed by atoms with Crippen LogP contribution in [0.5, 0.6) is 5.75 Å². The van der Waals surface area contributed by atoms with E-state index in [9.17, 15) is 34.5 Å². The number of esters is 1. The number of amides is 1. The summed E-state index contributed by atoms with van der Waals surface area (Å²) in [5.74, 6) is -7.87. The summed E-state index contributed by atoms with van der Waals surface area (Å²) in [6, 6.07) is 5.94. The summed E-state index contributed by atoms with van der Waals surface area (Å²) in [4.78, 5) is 58.4. The lowest BCUT2D eigenvalue weighted by molar-refractivity contribution is -0.409. The van der Waals surface area contributed by atoms with Crippen LogP contribution in [0.4, 0.5) is 0 Å². The largest absolute Gasteiger partial charge is 0.507 e. The zero-order valence-electron chi connectivity index (χ0n) is 41.0. The van der Waals surface area contributed by atoms with Gasteiger partial charge in [0.1, 0.15) is 11.5 Å². The van der Waals surface area contributed by atoms with Gasteiger partial charge in [0, 0.05) is 37.0 Å². The van der Waals surface area contributed by atoms with Gasteiger partial charge in [-0.15, -0.1) is 0 Å². The van der Waals surface area contributed by atoms with Crippen molar-refractivity contribution in [2.45, 2.75) is 206 Å². The second-order valence-electron chi connectivity index (χ2n) is 20.5. The van der Waals surface area contributed by atoms with Gasteiger partial charge in [-0.3, -0.25) is 14.4 Å². The number of aliphatic hydroxyl groups is 2. The number of hydroxylamine groups is 1. The van der Waals surface area contributed by atoms with Crippen LogP contribution < -0.4 is 5.48 Å². The Morgan fingerprint density at radius 1 is 0.894 bits per heavy atom. The number of nitrogens with one attached hydrogen (secondary N) is 1. The summed E-state index contributed by atoms with van der Waals surface area (Å²) in [5.41, 5.74) is 0.371. The lowest BCUT2D eigenvalue weighted by atomic mass is 9.72. The first-order chi connectivity index (χ1) is 31.1. The Bertz CT molecular complexity index is 1930. The van der Waals surface area contributed by atoms with Crippen molar-refractivity contribution in [1.82, 2.24) is 5.48 Å². The summed E-state index contributed by atoms with van der Waals surface area (Å²) in [5, 5.41) is 33.2. The molecule has 370 valence electrons. The molecule has 0 aliphatic carbocycles. The summed E-state index contributed by atoms with van der Waals surface area (Å²) in [6.45, 7) is 20.8. The quantitative estimate of drug-likeness (QED) is 0.0823. The van der Waals surface area contributed by atoms with E-state index in [0.29, 0.717) is 64.2 Å². The van der Waals surface area contributed by atoms with Gasteiger partial charge in [-0.1, -0.05) is 67.5 Å². The van der Waals surface area contributed by atoms with E-state index in [1.54, 1.807) is 25.1 Å². The van der Waals surface area contributed by atoms with E-state index in [2.05, 4.69) is 12.4 Å². The number of ether oxygens (including phenoxy) is 6. The first-order valence-corrected chi connectivity index (χ1v) is 24.6. The van der Waals surface area contributed by atoms with Crippen molar-refractivity contribution in [1.29, 1.82) is 0 Å². The summed E-state index contributed by atoms with van der Waals surface area (Å²) >= 11 is 0. The molecule has 2 spiro atoms. The van der Waals surface area contributed by atoms with Crippen LogP contribution in [-0.2, 0) is 47.6 Å². The molecule has 0 radical (unpaired) electrons. The number of aromatic hydroxyl groups is 1. The van der Waals surface area contributed by atoms with Gasteiger partial charge in [0.25, 0.3) is 5.91 Å². The molecule has 1 aromatic rings. The molecule has 1 amide bonds. The molecule has 66 heavy (non-hydrogen) atoms. The normalized spacial score (nSPS) is 39.1. The maximum atomic E-state index is 14.8. The van der Waals surface area contributed by atoms with Crippen LogP contribution in [0.1, 0.15) is 151 Å². The molecule has 5 heterocycles. The van der Waals surface area contributed by atoms with E-state index in [-0.39, 0.29) is 41.0 Å². The van der Waals surface area contributed by atoms with Crippen molar-refractivity contribution < 1.29 is 67.8 Å². The predicted molar refractivity (Wildman–Crippen MR) is 242 cm³/mol. The average Bonchev–Trinajstić information content (AvgIpc) is 3.63. The van der Waals surface area contributed by atoms with Crippen molar-refractivity contribution in [2.75, 3.05) is 0 Å². The maximum Gasteiger partial charge on any atom is 0.337 e. The highest BCUT2D eigenvalue weighted by Crippen LogP contribution is 2.54. The zero-order valence-corrected chi connectivity index (χ0v) is 41.0. The van der Waals surface area contributed by atoms with Gasteiger partial charge in [-0.2, -0.15) is 5.48 Å². The zero-order chi connectivity index (χ0) is 48.5. The maximum absolute atomic E-state index is 14.8. The Hall–Kier alpha value is -3.44. The van der Waals surface area contributed by atoms with Crippen LogP contribution in [0, 0.1) is 41.4 Å². The first kappa shape index (κ1) is 51.9. The molecule has 5 aliphatic rings. The van der Waals surface area contributed by atoms with Gasteiger partial charge in [0.05, 0.1) is 59.3 Å². The molecule has 4 N–H and O–H groups in total. The fourth-order valence-corrected chi connectivity index (χ4v) is 11.7. The molecule has 2 unspecified atom stereocenters. The molecule has 0 aromatic heterocycles. The molecular formula is C51H77NO14. The third kappa shape index (κ3) is 10.3. The molecule has 5 aliphatic heterocycles. The topological polar surface area (TPSA) is 206 Å². The number of phenolic OH excluding ortho intramolecular Hbond substituents is 1. The molecular weight excluding hydrogens is 851 g/mol. The number of rotatable bonds is 14. The van der Waals surface area contributed by atoms with E-state index in [1.165, 1.54) is 19.1 Å². The van der Waals surface area contributed by atoms with Crippen LogP contribution in [0.25, 0.3) is 0 Å². The monoisotopic (exact) mass is 928 g/mol. The van der Waals surface area contributed by atoms with E-state index >= 15 is 0 Å². The second kappa shape index (κ2) is 20.7. The Balaban J connectivity index is 1.15. The number of phenols is 1. The fourth-order valence-electron chi connectivity index (χ4n) is 11.7. The summed E-state index contributed by atoms with van der Waals surface area (Å²) < 4.78 is 40.1. The van der Waals surface area contributed by atoms with E-state index in [1.807, 2.05) is 61.5 Å². The molecule has 4 fully saturated rings. The van der Waals surface area contributed by atoms with Crippen LogP contribution in [-0.4, -0.2) is 104 Å². The lowest BCUT2D eigenvalue weighted by Crippen LogP contribution is -2.63. The standard InChI is InChI=1S/C51H77NO14/c1-12-35(47(58)64-52-46(57)37-17-15-16-18-38(37)54)39-20-19-28(4)44(62-39)32(8)42(55)31(7)43(56)36(13-2)45-29(5)27-30(6)50(63-45)24-22-41(61-34(10)53)51(66-50)26-25-48(11,65-51)40-21-23-49(59,14-3)33(9)60-40/h15-18,22,24,28-33,35-36,39-42,44-45,54-55,59H,12-14,19-21,23,25-27H2,1-11H3,(H,52,57)/t28-,29-,30+,31-,32-,33-,35+,36-,39?,40+,41-,42+,44+,45?,48-,49+,50-,51-/m0/s1. The molecule has 18 atom stereocenters. The first-order valence-electron chi connectivity index (χ1n) is 24.6. The van der Waals surface area contributed by atoms with Gasteiger partial charge >= 0.3 is 11.9 Å². The van der Waals surface area contributed by atoms with Gasteiger partial charge in [-0.05, 0) is 108 Å². The highest BCUT2D eigenvalue weighted by Gasteiger charge is 2.64. The third-order valence-corrected chi connectivity index (χ3v) is 16.1. The van der Waals surface area contributed by atoms with Gasteiger partial charge in [0.15, 0.2) is 11.9 Å². The molecule has 15 heteroatoms. The second-order valence-corrected chi connectivity index (χ2v) is 20.5. The van der Waals surface area contributed by atoms with Crippen LogP contribution >= 0.6 is 0 Å². The third-order valence-electron chi connectivity index (χ3n) is 16.1. The minimum atomic E-state index is -1.41. The van der Waals surface area contributed by atoms with Gasteiger partial charge in [0.2, 0.25) is 5.79 Å². The van der Waals surface area contributed by atoms with Crippen molar-refractivity contribution in [3.63, 3.8) is 0 Å². The SMILES string of the molecule is CC[C@@H](C(=O)ONC(=O)c1ccccc1O)C1CC[C@H](C)[C@H]([C@@H](C)[C@H](O)[C@H](C)C(=O)[C@H](CC)C2O[C@]3(C=C[C@H](OC(C)=O)[C@]4(CC[C@@](C)([C@H]5CC[C@](O)(CC)[C@H](C)O5)O4)O3)[C@H](C)C[C@@H]2C)O1. The van der Waals surface area contributed by atoms with Crippen molar-refractivity contribution in [2.24, 2.45) is 41.4 Å². The lowest BCUT2D eigenvalue weighted by Gasteiger charge is -2.54. The molecule has 6 rings (SSSR count). The minimum absolute atomic E-state index is 0.0122. The Kier molecular flexibility index (Phi) is 16.3. The number of carbonyl (C=O) groups excluding carboxylic acids is 4. The Morgan fingerprint density at radius 2 is 1.59 bits per heavy atom. The van der Waals surface area contributed by atoms with Crippen molar-refractivity contribution in [3.05, 3.63) is 42.0 Å². The number of para-hydroxylation sites is 1. The Morgan fingerprint density at radius 3 is 2.23 bits per heavy atom. The van der Waals surface area contributed by atoms with E-state index in [4.69, 9.17) is 33.3 Å². The average molecular weight is 928 g/mol. The van der Waals surface area contributed by atoms with Gasteiger partial charge < -0.3 is 48.6 Å². The molecule has 4 saturated heterocycles. The van der Waals surface area contributed by atoms with Crippen LogP contribution in [0.2, 0.25) is 0 Å². The van der Waals surface area contributed by atoms with Crippen LogP contribution in [0.15, 0.2) is 36.4 Å². The number of Topliss-reactive ketones (excluding diaryl/α,β-unsaturated/α-hetero) is 1. The number of ketones is 1. The molecule has 0 bridgehead atoms. The highest BCUT2D eigenvalue weighted by atomic mass is 16.8. The van der Waals surface area contributed by atoms with Crippen molar-refractivity contribution >= 4 is 23.6 Å². The summed E-state index contributed by atoms with van der Waals surface area (Å²) in [6.07, 6.45) is 4.66. The van der Waals surface area contributed by atoms with E-state index < -0.39 is 101 Å². The van der Waals surface area contributed by atoms with Crippen LogP contribution in [0.3, 0.4) is 0 Å². The predicted octanol–water partition coefficient (Wildman–Crippen LogP) is 7.27. The number of benzene rings is 1. The smallest absolute Gasteiger partial charge is 0.337 e. The Labute approximate surface area is 390 Å². The van der Waals surface area contributed by atoms with Crippen molar-refractivity contribution in [3.8, 4) is 5.75 Å². The fraction of sp³-hybridized carbons (Fsp3) is 0.765. The number of aliphatic hydroxyl groups excluding tert-OH is 1. The number of carbonyl (C=O) groups is 4. The number of hydrogen-bond acceptors (Lipinski definition) is 14. The molecule has 1 aromatic carbocycles. The molecule has 0 saturated carbocycles. The van der Waals surface area contributed by atoms with Gasteiger partial charge in [-0.25, -0.2) is 4.79 Å². The minimum Gasteiger partial charge on any atom is -0.507 e. The van der Waals surface area contributed by atoms with E-state index in [0.717, 1.165) is 0 Å². The highest BCUT2D eigenvalue weighted by molar-refractivity contribution is 5.96.